The summed E-state index contributed by atoms with van der Waals surface area (Å²) in [6.07, 6.45) is 3.36. The zero-order valence-corrected chi connectivity index (χ0v) is 6.20. The number of phenolic OH excluding ortho intramolecular Hbond substituents is 1. The van der Waals surface area contributed by atoms with Crippen LogP contribution in [0.15, 0.2) is 24.3 Å². The Bertz CT molecular complexity index is 318. The van der Waals surface area contributed by atoms with E-state index in [1.54, 1.807) is 0 Å². The second-order valence-electron chi connectivity index (χ2n) is 2.21. The number of benzene rings is 1. The van der Waals surface area contributed by atoms with Crippen molar-refractivity contribution in [1.29, 1.82) is 0 Å². The van der Waals surface area contributed by atoms with Crippen molar-refractivity contribution in [3.05, 3.63) is 35.7 Å². The number of aldehydes is 1. The predicted molar refractivity (Wildman–Crippen MR) is 43.2 cm³/mol. The van der Waals surface area contributed by atoms with Crippen molar-refractivity contribution in [1.82, 2.24) is 0 Å². The monoisotopic (exact) mass is 166 g/mol. The minimum atomic E-state index is -0.668. The number of rotatable bonds is 2. The Morgan fingerprint density at radius 1 is 1.42 bits per heavy atom. The van der Waals surface area contributed by atoms with Crippen LogP contribution in [0.5, 0.6) is 5.75 Å². The van der Waals surface area contributed by atoms with E-state index in [2.05, 4.69) is 0 Å². The van der Waals surface area contributed by atoms with Crippen LogP contribution in [0.25, 0.3) is 6.08 Å². The molecule has 2 nitrogen and oxygen atoms in total. The first-order chi connectivity index (χ1) is 5.74. The maximum Gasteiger partial charge on any atom is 0.164 e. The van der Waals surface area contributed by atoms with E-state index in [-0.39, 0.29) is 0 Å². The summed E-state index contributed by atoms with van der Waals surface area (Å²) in [7, 11) is 0. The van der Waals surface area contributed by atoms with Gasteiger partial charge >= 0.3 is 0 Å². The Balaban J connectivity index is 2.96. The molecule has 0 atom stereocenters. The van der Waals surface area contributed by atoms with Crippen molar-refractivity contribution in [3.8, 4) is 5.75 Å². The molecule has 1 aromatic carbocycles. The number of hydrogen-bond acceptors (Lipinski definition) is 2. The quantitative estimate of drug-likeness (QED) is 0.536. The molecule has 0 amide bonds. The van der Waals surface area contributed by atoms with Crippen LogP contribution >= 0.6 is 0 Å². The molecule has 0 spiro atoms. The zero-order chi connectivity index (χ0) is 8.97. The van der Waals surface area contributed by atoms with Gasteiger partial charge in [0.25, 0.3) is 0 Å². The van der Waals surface area contributed by atoms with E-state index in [9.17, 15) is 9.18 Å². The number of phenols is 1. The Morgan fingerprint density at radius 2 is 2.17 bits per heavy atom. The van der Waals surface area contributed by atoms with Gasteiger partial charge in [0.05, 0.1) is 0 Å². The van der Waals surface area contributed by atoms with Crippen LogP contribution in [0.3, 0.4) is 0 Å². The fourth-order valence-corrected chi connectivity index (χ4v) is 0.784. The highest BCUT2D eigenvalue weighted by Gasteiger charge is 1.97. The van der Waals surface area contributed by atoms with Crippen LogP contribution in [0.2, 0.25) is 0 Å². The summed E-state index contributed by atoms with van der Waals surface area (Å²) in [5, 5.41) is 8.90. The molecule has 0 aliphatic heterocycles. The molecular weight excluding hydrogens is 159 g/mol. The lowest BCUT2D eigenvalue weighted by Crippen LogP contribution is -1.77. The summed E-state index contributed by atoms with van der Waals surface area (Å²) in [6.45, 7) is 0. The lowest BCUT2D eigenvalue weighted by Gasteiger charge is -1.95. The average molecular weight is 166 g/mol. The van der Waals surface area contributed by atoms with Crippen molar-refractivity contribution in [3.63, 3.8) is 0 Å². The standard InChI is InChI=1S/C9H7FO2/c10-8-4-3-7(2-1-5-11)6-9(8)12/h1-6,12H. The van der Waals surface area contributed by atoms with Gasteiger partial charge in [-0.05, 0) is 23.8 Å². The number of carbonyl (C=O) groups is 1. The van der Waals surface area contributed by atoms with Crippen LogP contribution in [-0.2, 0) is 4.79 Å². The highest BCUT2D eigenvalue weighted by molar-refractivity contribution is 5.74. The van der Waals surface area contributed by atoms with Gasteiger partial charge < -0.3 is 5.11 Å². The first-order valence-corrected chi connectivity index (χ1v) is 3.34. The fourth-order valence-electron chi connectivity index (χ4n) is 0.784. The van der Waals surface area contributed by atoms with Gasteiger partial charge in [-0.25, -0.2) is 4.39 Å². The lowest BCUT2D eigenvalue weighted by molar-refractivity contribution is -0.104. The normalized spacial score (nSPS) is 10.4. The molecule has 0 aliphatic rings. The van der Waals surface area contributed by atoms with Crippen molar-refractivity contribution in [2.75, 3.05) is 0 Å². The number of allylic oxidation sites excluding steroid dienone is 1. The maximum atomic E-state index is 12.5. The Hall–Kier alpha value is -1.64. The van der Waals surface area contributed by atoms with Gasteiger partial charge in [0.1, 0.15) is 6.29 Å². The minimum absolute atomic E-state index is 0.414. The van der Waals surface area contributed by atoms with Gasteiger partial charge in [0.2, 0.25) is 0 Å². The summed E-state index contributed by atoms with van der Waals surface area (Å²) in [4.78, 5) is 9.91. The molecular formula is C9H7FO2. The zero-order valence-electron chi connectivity index (χ0n) is 6.20. The molecule has 62 valence electrons. The summed E-state index contributed by atoms with van der Waals surface area (Å²) in [6, 6.07) is 3.85. The molecule has 0 unspecified atom stereocenters. The fraction of sp³-hybridized carbons (Fsp3) is 0. The van der Waals surface area contributed by atoms with Gasteiger partial charge in [-0.2, -0.15) is 0 Å². The van der Waals surface area contributed by atoms with Crippen molar-refractivity contribution in [2.45, 2.75) is 0 Å². The molecule has 0 bridgehead atoms. The Kier molecular flexibility index (Phi) is 2.58. The van der Waals surface area contributed by atoms with Gasteiger partial charge in [-0.15, -0.1) is 0 Å². The van der Waals surface area contributed by atoms with E-state index in [0.717, 1.165) is 6.07 Å². The molecule has 0 heterocycles. The number of hydrogen-bond donors (Lipinski definition) is 1. The summed E-state index contributed by atoms with van der Waals surface area (Å²) >= 11 is 0. The predicted octanol–water partition coefficient (Wildman–Crippen LogP) is 1.74. The van der Waals surface area contributed by atoms with Crippen LogP contribution in [-0.4, -0.2) is 11.4 Å². The second kappa shape index (κ2) is 3.67. The molecule has 0 fully saturated rings. The van der Waals surface area contributed by atoms with E-state index in [1.807, 2.05) is 0 Å². The third-order valence-electron chi connectivity index (χ3n) is 1.34. The van der Waals surface area contributed by atoms with E-state index in [4.69, 9.17) is 5.11 Å². The van der Waals surface area contributed by atoms with E-state index < -0.39 is 11.6 Å². The third kappa shape index (κ3) is 1.92. The molecule has 0 radical (unpaired) electrons. The van der Waals surface area contributed by atoms with E-state index >= 15 is 0 Å². The SMILES string of the molecule is O=CC=Cc1ccc(F)c(O)c1. The average Bonchev–Trinajstić information content (AvgIpc) is 2.07. The van der Waals surface area contributed by atoms with Crippen LogP contribution in [0.4, 0.5) is 4.39 Å². The largest absolute Gasteiger partial charge is 0.505 e. The highest BCUT2D eigenvalue weighted by Crippen LogP contribution is 2.17. The van der Waals surface area contributed by atoms with Gasteiger partial charge in [0.15, 0.2) is 11.6 Å². The van der Waals surface area contributed by atoms with E-state index in [1.165, 1.54) is 24.3 Å². The molecule has 1 aromatic rings. The first kappa shape index (κ1) is 8.46. The second-order valence-corrected chi connectivity index (χ2v) is 2.21. The van der Waals surface area contributed by atoms with Gasteiger partial charge in [-0.1, -0.05) is 12.1 Å². The minimum Gasteiger partial charge on any atom is -0.505 e. The molecule has 1 N–H and O–H groups in total. The number of aromatic hydroxyl groups is 1. The third-order valence-corrected chi connectivity index (χ3v) is 1.34. The molecule has 0 saturated heterocycles. The molecule has 12 heavy (non-hydrogen) atoms. The van der Waals surface area contributed by atoms with E-state index in [0.29, 0.717) is 11.8 Å². The smallest absolute Gasteiger partial charge is 0.164 e. The summed E-state index contributed by atoms with van der Waals surface area (Å²) in [5.74, 6) is -1.08. The molecule has 3 heteroatoms. The Morgan fingerprint density at radius 3 is 2.75 bits per heavy atom. The lowest BCUT2D eigenvalue weighted by atomic mass is 10.2. The topological polar surface area (TPSA) is 37.3 Å². The van der Waals surface area contributed by atoms with Gasteiger partial charge in [0, 0.05) is 0 Å². The van der Waals surface area contributed by atoms with Crippen LogP contribution < -0.4 is 0 Å². The summed E-state index contributed by atoms with van der Waals surface area (Å²) < 4.78 is 12.5. The maximum absolute atomic E-state index is 12.5. The number of halogens is 1. The van der Waals surface area contributed by atoms with Crippen molar-refractivity contribution >= 4 is 12.4 Å². The molecule has 0 aromatic heterocycles. The number of carbonyl (C=O) groups excluding carboxylic acids is 1. The van der Waals surface area contributed by atoms with Crippen molar-refractivity contribution < 1.29 is 14.3 Å². The highest BCUT2D eigenvalue weighted by atomic mass is 19.1. The Labute approximate surface area is 69.0 Å². The first-order valence-electron chi connectivity index (χ1n) is 3.34. The van der Waals surface area contributed by atoms with Crippen LogP contribution in [0, 0.1) is 5.82 Å². The molecule has 1 rings (SSSR count). The van der Waals surface area contributed by atoms with Crippen LogP contribution in [0.1, 0.15) is 5.56 Å². The molecule has 0 aliphatic carbocycles. The van der Waals surface area contributed by atoms with Crippen molar-refractivity contribution in [2.24, 2.45) is 0 Å². The molecule has 0 saturated carbocycles. The van der Waals surface area contributed by atoms with Gasteiger partial charge in [-0.3, -0.25) is 4.79 Å². The summed E-state index contributed by atoms with van der Waals surface area (Å²) in [5.41, 5.74) is 0.584.